The number of ether oxygens (including phenoxy) is 2. The van der Waals surface area contributed by atoms with E-state index in [2.05, 4.69) is 54.3 Å². The van der Waals surface area contributed by atoms with E-state index in [1.807, 2.05) is 0 Å². The quantitative estimate of drug-likeness (QED) is 0.531. The molecule has 158 valence electrons. The van der Waals surface area contributed by atoms with Crippen LogP contribution in [0, 0.1) is 5.92 Å². The Kier molecular flexibility index (Phi) is 7.85. The third kappa shape index (κ3) is 4.90. The molecule has 2 unspecified atom stereocenters. The van der Waals surface area contributed by atoms with Crippen LogP contribution in [0.15, 0.2) is 42.5 Å². The monoisotopic (exact) mass is 415 g/mol. The Bertz CT molecular complexity index is 780. The molecule has 0 bridgehead atoms. The first-order valence-electron chi connectivity index (χ1n) is 10.9. The number of likely N-dealkylation sites (N-methyl/N-ethyl adjacent to an activating group) is 1. The Morgan fingerprint density at radius 1 is 1.00 bits per heavy atom. The summed E-state index contributed by atoms with van der Waals surface area (Å²) in [4.78, 5) is 2.59. The van der Waals surface area contributed by atoms with E-state index in [0.717, 1.165) is 62.8 Å². The minimum Gasteiger partial charge on any atom is -0.496 e. The molecule has 2 aromatic rings. The number of unbranched alkanes of at least 4 members (excludes halogenated alkanes) is 1. The first-order valence-corrected chi connectivity index (χ1v) is 10.9. The van der Waals surface area contributed by atoms with Gasteiger partial charge in [-0.25, -0.2) is 0 Å². The number of nitrogens with zero attached hydrogens (tertiary/aromatic N) is 1. The van der Waals surface area contributed by atoms with Crippen molar-refractivity contribution in [2.45, 2.75) is 44.9 Å². The maximum absolute atomic E-state index is 6.34. The zero-order chi connectivity index (χ0) is 19.3. The summed E-state index contributed by atoms with van der Waals surface area (Å²) in [6, 6.07) is 15.0. The van der Waals surface area contributed by atoms with Gasteiger partial charge in [0.15, 0.2) is 0 Å². The maximum Gasteiger partial charge on any atom is 0.123 e. The molecule has 29 heavy (non-hydrogen) atoms. The van der Waals surface area contributed by atoms with Crippen molar-refractivity contribution in [3.05, 3.63) is 59.2 Å². The van der Waals surface area contributed by atoms with Gasteiger partial charge in [-0.05, 0) is 62.3 Å². The van der Waals surface area contributed by atoms with Crippen molar-refractivity contribution < 1.29 is 9.47 Å². The fourth-order valence-corrected chi connectivity index (χ4v) is 5.03. The Labute approximate surface area is 181 Å². The van der Waals surface area contributed by atoms with Crippen LogP contribution in [-0.2, 0) is 12.8 Å². The van der Waals surface area contributed by atoms with Crippen LogP contribution in [0.25, 0.3) is 0 Å². The number of hydrogen-bond donors (Lipinski definition) is 0. The predicted octanol–water partition coefficient (Wildman–Crippen LogP) is 5.50. The van der Waals surface area contributed by atoms with Gasteiger partial charge in [-0.15, -0.1) is 12.4 Å². The summed E-state index contributed by atoms with van der Waals surface area (Å²) in [6.07, 6.45) is 5.76. The second-order valence-electron chi connectivity index (χ2n) is 8.21. The summed E-state index contributed by atoms with van der Waals surface area (Å²) in [5, 5.41) is 0. The van der Waals surface area contributed by atoms with E-state index in [1.165, 1.54) is 29.7 Å². The number of halogens is 1. The van der Waals surface area contributed by atoms with E-state index in [-0.39, 0.29) is 12.4 Å². The van der Waals surface area contributed by atoms with Crippen molar-refractivity contribution in [1.29, 1.82) is 0 Å². The predicted molar refractivity (Wildman–Crippen MR) is 122 cm³/mol. The third-order valence-electron chi connectivity index (χ3n) is 6.55. The highest BCUT2D eigenvalue weighted by molar-refractivity contribution is 5.85. The standard InChI is InChI=1S/C25H33NO2.ClH/c1-3-26-17-20-12-13-21-23(27-2)14-15-24(25(21)22(20)18-26)28-16-8-7-11-19-9-5-4-6-10-19;/h4-6,9-10,14-15,20,22H,3,7-8,11-13,16-18H2,1-2H3;1H. The average molecular weight is 416 g/mol. The zero-order valence-corrected chi connectivity index (χ0v) is 18.5. The van der Waals surface area contributed by atoms with Gasteiger partial charge in [0.25, 0.3) is 0 Å². The van der Waals surface area contributed by atoms with E-state index in [9.17, 15) is 0 Å². The second kappa shape index (κ2) is 10.4. The van der Waals surface area contributed by atoms with Crippen LogP contribution in [0.5, 0.6) is 11.5 Å². The molecule has 4 rings (SSSR count). The number of rotatable bonds is 8. The third-order valence-corrected chi connectivity index (χ3v) is 6.55. The molecule has 1 fully saturated rings. The van der Waals surface area contributed by atoms with Crippen molar-refractivity contribution in [3.8, 4) is 11.5 Å². The number of aryl methyl sites for hydroxylation is 1. The maximum atomic E-state index is 6.34. The molecule has 2 atom stereocenters. The molecule has 3 nitrogen and oxygen atoms in total. The molecule has 0 spiro atoms. The smallest absolute Gasteiger partial charge is 0.123 e. The highest BCUT2D eigenvalue weighted by Crippen LogP contribution is 2.48. The first kappa shape index (κ1) is 22.0. The molecule has 1 saturated heterocycles. The lowest BCUT2D eigenvalue weighted by Gasteiger charge is -2.30. The van der Waals surface area contributed by atoms with Crippen LogP contribution in [-0.4, -0.2) is 38.3 Å². The summed E-state index contributed by atoms with van der Waals surface area (Å²) in [6.45, 7) is 6.59. The van der Waals surface area contributed by atoms with Gasteiger partial charge in [0, 0.05) is 30.1 Å². The summed E-state index contributed by atoms with van der Waals surface area (Å²) in [5.41, 5.74) is 4.25. The fourth-order valence-electron chi connectivity index (χ4n) is 5.03. The normalized spacial score (nSPS) is 20.5. The van der Waals surface area contributed by atoms with Crippen LogP contribution in [0.4, 0.5) is 0 Å². The van der Waals surface area contributed by atoms with Gasteiger partial charge in [-0.1, -0.05) is 37.3 Å². The molecule has 0 saturated carbocycles. The molecule has 4 heteroatoms. The lowest BCUT2D eigenvalue weighted by Crippen LogP contribution is -2.21. The van der Waals surface area contributed by atoms with Gasteiger partial charge in [0.1, 0.15) is 11.5 Å². The molecule has 0 N–H and O–H groups in total. The van der Waals surface area contributed by atoms with Crippen molar-refractivity contribution in [2.75, 3.05) is 33.4 Å². The first-order chi connectivity index (χ1) is 13.8. The Morgan fingerprint density at radius 2 is 1.79 bits per heavy atom. The summed E-state index contributed by atoms with van der Waals surface area (Å²) in [7, 11) is 1.79. The number of methoxy groups -OCH3 is 1. The van der Waals surface area contributed by atoms with Crippen LogP contribution < -0.4 is 9.47 Å². The fraction of sp³-hybridized carbons (Fsp3) is 0.520. The highest BCUT2D eigenvalue weighted by Gasteiger charge is 2.39. The zero-order valence-electron chi connectivity index (χ0n) is 17.7. The second-order valence-corrected chi connectivity index (χ2v) is 8.21. The van der Waals surface area contributed by atoms with Gasteiger partial charge >= 0.3 is 0 Å². The van der Waals surface area contributed by atoms with Gasteiger partial charge < -0.3 is 14.4 Å². The van der Waals surface area contributed by atoms with Crippen LogP contribution in [0.1, 0.15) is 48.8 Å². The molecule has 1 aliphatic heterocycles. The van der Waals surface area contributed by atoms with E-state index < -0.39 is 0 Å². The van der Waals surface area contributed by atoms with Crippen molar-refractivity contribution in [1.82, 2.24) is 4.90 Å². The van der Waals surface area contributed by atoms with Crippen molar-refractivity contribution in [2.24, 2.45) is 5.92 Å². The Balaban J connectivity index is 0.00000240. The van der Waals surface area contributed by atoms with E-state index in [0.29, 0.717) is 5.92 Å². The lowest BCUT2D eigenvalue weighted by atomic mass is 9.76. The number of hydrogen-bond acceptors (Lipinski definition) is 3. The molecule has 2 aliphatic rings. The minimum absolute atomic E-state index is 0. The van der Waals surface area contributed by atoms with Gasteiger partial charge in [-0.2, -0.15) is 0 Å². The van der Waals surface area contributed by atoms with Gasteiger partial charge in [0.2, 0.25) is 0 Å². The number of benzene rings is 2. The van der Waals surface area contributed by atoms with Crippen LogP contribution in [0.3, 0.4) is 0 Å². The van der Waals surface area contributed by atoms with E-state index in [4.69, 9.17) is 9.47 Å². The van der Waals surface area contributed by atoms with Crippen LogP contribution >= 0.6 is 12.4 Å². The minimum atomic E-state index is 0. The van der Waals surface area contributed by atoms with E-state index in [1.54, 1.807) is 7.11 Å². The summed E-state index contributed by atoms with van der Waals surface area (Å²) in [5.74, 6) is 3.50. The number of likely N-dealkylation sites (tertiary alicyclic amines) is 1. The van der Waals surface area contributed by atoms with E-state index >= 15 is 0 Å². The average Bonchev–Trinajstić information content (AvgIpc) is 3.17. The Hall–Kier alpha value is -1.71. The lowest BCUT2D eigenvalue weighted by molar-refractivity contribution is 0.294. The van der Waals surface area contributed by atoms with Crippen LogP contribution in [0.2, 0.25) is 0 Å². The Morgan fingerprint density at radius 3 is 2.55 bits per heavy atom. The van der Waals surface area contributed by atoms with Gasteiger partial charge in [0.05, 0.1) is 13.7 Å². The highest BCUT2D eigenvalue weighted by atomic mass is 35.5. The molecule has 0 aromatic heterocycles. The number of fused-ring (bicyclic) bond motifs is 3. The molecule has 0 radical (unpaired) electrons. The molecule has 2 aromatic carbocycles. The molecule has 0 amide bonds. The summed E-state index contributed by atoms with van der Waals surface area (Å²) >= 11 is 0. The summed E-state index contributed by atoms with van der Waals surface area (Å²) < 4.78 is 12.0. The molecular weight excluding hydrogens is 382 g/mol. The largest absolute Gasteiger partial charge is 0.496 e. The molecule has 1 aliphatic carbocycles. The molecule has 1 heterocycles. The topological polar surface area (TPSA) is 21.7 Å². The van der Waals surface area contributed by atoms with Gasteiger partial charge in [-0.3, -0.25) is 0 Å². The van der Waals surface area contributed by atoms with Crippen molar-refractivity contribution >= 4 is 12.4 Å². The van der Waals surface area contributed by atoms with Crippen molar-refractivity contribution in [3.63, 3.8) is 0 Å². The molecular formula is C25H34ClNO2. The SMILES string of the molecule is CCN1CC2CCc3c(OC)ccc(OCCCCc4ccccc4)c3C2C1.Cl.